The van der Waals surface area contributed by atoms with E-state index in [4.69, 9.17) is 11.6 Å². The first kappa shape index (κ1) is 25.1. The summed E-state index contributed by atoms with van der Waals surface area (Å²) in [6.07, 6.45) is -0.475. The number of rotatable bonds is 8. The molecule has 3 rings (SSSR count). The number of Topliss-reactive ketones (excluding diaryl/α,β-unsaturated/α-hetero) is 1. The molecule has 2 amide bonds. The number of hydrogen-bond donors (Lipinski definition) is 3. The van der Waals surface area contributed by atoms with Crippen molar-refractivity contribution < 1.29 is 24.3 Å². The van der Waals surface area contributed by atoms with Crippen molar-refractivity contribution in [1.29, 1.82) is 0 Å². The molecular formula is C23H21BrN4O5S. The Hall–Kier alpha value is -3.54. The summed E-state index contributed by atoms with van der Waals surface area (Å²) in [4.78, 5) is 51.7. The Morgan fingerprint density at radius 2 is 1.79 bits per heavy atom. The van der Waals surface area contributed by atoms with Gasteiger partial charge in [0, 0.05) is 34.9 Å². The lowest BCUT2D eigenvalue weighted by Crippen LogP contribution is -2.50. The molecule has 0 aliphatic carbocycles. The van der Waals surface area contributed by atoms with Gasteiger partial charge >= 0.3 is 5.97 Å². The Morgan fingerprint density at radius 3 is 2.38 bits per heavy atom. The summed E-state index contributed by atoms with van der Waals surface area (Å²) in [6.45, 7) is 0. The highest BCUT2D eigenvalue weighted by Crippen LogP contribution is 2.24. The highest BCUT2D eigenvalue weighted by Gasteiger charge is 2.32. The second-order valence-electron chi connectivity index (χ2n) is 7.32. The van der Waals surface area contributed by atoms with E-state index >= 15 is 0 Å². The highest BCUT2D eigenvalue weighted by atomic mass is 79.9. The average molecular weight is 545 g/mol. The summed E-state index contributed by atoms with van der Waals surface area (Å²) in [5, 5.41) is 11.8. The van der Waals surface area contributed by atoms with Crippen LogP contribution in [0.1, 0.15) is 36.8 Å². The second-order valence-corrected chi connectivity index (χ2v) is 9.13. The van der Waals surface area contributed by atoms with Crippen LogP contribution in [0.25, 0.3) is 0 Å². The summed E-state index contributed by atoms with van der Waals surface area (Å²) in [6, 6.07) is 12.7. The van der Waals surface area contributed by atoms with Gasteiger partial charge in [-0.2, -0.15) is 0 Å². The first-order valence-electron chi connectivity index (χ1n) is 9.91. The zero-order valence-corrected chi connectivity index (χ0v) is 20.4. The van der Waals surface area contributed by atoms with E-state index in [1.54, 1.807) is 48.8 Å². The molecule has 1 heterocycles. The van der Waals surface area contributed by atoms with Gasteiger partial charge in [0.05, 0.1) is 10.4 Å². The van der Waals surface area contributed by atoms with Crippen LogP contribution in [0, 0.1) is 0 Å². The Morgan fingerprint density at radius 1 is 1.06 bits per heavy atom. The van der Waals surface area contributed by atoms with Crippen LogP contribution in [-0.4, -0.2) is 46.8 Å². The van der Waals surface area contributed by atoms with E-state index in [2.05, 4.69) is 15.9 Å². The Labute approximate surface area is 207 Å². The largest absolute Gasteiger partial charge is 0.480 e. The average Bonchev–Trinajstić information content (AvgIpc) is 3.35. The standard InChI is InChI=1S/C23H21BrN4O5S/c1-27(15-5-2-4-14(25)11-15)21(30)13-7-8-16(17(24)10-13)22(31)28(26)18(23(32)33)12-19(29)20-6-3-9-34-20/h2-11,18H,12,25-26H2,1H3,(H,32,33)/t18-/m0/s1. The van der Waals surface area contributed by atoms with Gasteiger partial charge < -0.3 is 15.7 Å². The number of carboxylic acids is 1. The number of hydrazine groups is 1. The molecule has 5 N–H and O–H groups in total. The fourth-order valence-electron chi connectivity index (χ4n) is 3.16. The van der Waals surface area contributed by atoms with Crippen molar-refractivity contribution in [3.8, 4) is 0 Å². The normalized spacial score (nSPS) is 11.5. The monoisotopic (exact) mass is 544 g/mol. The third-order valence-corrected chi connectivity index (χ3v) is 6.61. The third-order valence-electron chi connectivity index (χ3n) is 5.04. The number of carboxylic acid groups (broad SMARTS) is 1. The van der Waals surface area contributed by atoms with E-state index in [0.717, 1.165) is 0 Å². The summed E-state index contributed by atoms with van der Waals surface area (Å²) >= 11 is 4.44. The first-order chi connectivity index (χ1) is 16.1. The quantitative estimate of drug-likeness (QED) is 0.129. The SMILES string of the molecule is CN(C(=O)c1ccc(C(=O)N(N)[C@@H](CC(=O)c2cccs2)C(=O)O)c(Br)c1)c1cccc(N)c1. The Kier molecular flexibility index (Phi) is 7.82. The van der Waals surface area contributed by atoms with Crippen LogP contribution in [0.5, 0.6) is 0 Å². The van der Waals surface area contributed by atoms with Crippen molar-refractivity contribution in [3.63, 3.8) is 0 Å². The molecule has 9 nitrogen and oxygen atoms in total. The smallest absolute Gasteiger partial charge is 0.328 e. The van der Waals surface area contributed by atoms with E-state index in [-0.39, 0.29) is 21.5 Å². The van der Waals surface area contributed by atoms with Crippen molar-refractivity contribution in [2.75, 3.05) is 17.7 Å². The van der Waals surface area contributed by atoms with Crippen molar-refractivity contribution in [1.82, 2.24) is 5.01 Å². The lowest BCUT2D eigenvalue weighted by Gasteiger charge is -2.24. The molecule has 2 aromatic carbocycles. The van der Waals surface area contributed by atoms with E-state index < -0.39 is 30.1 Å². The maximum Gasteiger partial charge on any atom is 0.328 e. The molecule has 0 aliphatic rings. The van der Waals surface area contributed by atoms with Crippen LogP contribution < -0.4 is 16.5 Å². The number of hydrogen-bond acceptors (Lipinski definition) is 7. The highest BCUT2D eigenvalue weighted by molar-refractivity contribution is 9.10. The van der Waals surface area contributed by atoms with Crippen molar-refractivity contribution in [2.45, 2.75) is 12.5 Å². The van der Waals surface area contributed by atoms with Gasteiger partial charge in [0.2, 0.25) is 0 Å². The van der Waals surface area contributed by atoms with Crippen molar-refractivity contribution in [2.24, 2.45) is 5.84 Å². The Balaban J connectivity index is 1.79. The number of nitrogens with zero attached hydrogens (tertiary/aromatic N) is 2. The van der Waals surface area contributed by atoms with E-state index in [1.165, 1.54) is 34.4 Å². The van der Waals surface area contributed by atoms with Gasteiger partial charge in [-0.05, 0) is 63.8 Å². The van der Waals surface area contributed by atoms with Gasteiger partial charge in [0.15, 0.2) is 11.8 Å². The maximum absolute atomic E-state index is 12.9. The number of carbonyl (C=O) groups is 4. The minimum absolute atomic E-state index is 0.0421. The first-order valence-corrected chi connectivity index (χ1v) is 11.6. The number of benzene rings is 2. The van der Waals surface area contributed by atoms with Gasteiger partial charge in [0.25, 0.3) is 11.8 Å². The van der Waals surface area contributed by atoms with Gasteiger partial charge in [-0.25, -0.2) is 10.6 Å². The van der Waals surface area contributed by atoms with Crippen molar-refractivity contribution >= 4 is 62.2 Å². The number of amides is 2. The maximum atomic E-state index is 12.9. The van der Waals surface area contributed by atoms with Gasteiger partial charge in [-0.1, -0.05) is 12.1 Å². The topological polar surface area (TPSA) is 147 Å². The van der Waals surface area contributed by atoms with Gasteiger partial charge in [-0.15, -0.1) is 11.3 Å². The molecule has 176 valence electrons. The number of nitrogen functional groups attached to an aromatic ring is 1. The number of halogens is 1. The van der Waals surface area contributed by atoms with Crippen LogP contribution in [0.3, 0.4) is 0 Å². The van der Waals surface area contributed by atoms with E-state index in [0.29, 0.717) is 21.3 Å². The zero-order chi connectivity index (χ0) is 25.0. The summed E-state index contributed by atoms with van der Waals surface area (Å²) in [7, 11) is 1.59. The van der Waals surface area contributed by atoms with Crippen LogP contribution >= 0.6 is 27.3 Å². The molecule has 1 atom stereocenters. The van der Waals surface area contributed by atoms with Crippen LogP contribution in [0.2, 0.25) is 0 Å². The number of thiophene rings is 1. The molecule has 34 heavy (non-hydrogen) atoms. The Bertz CT molecular complexity index is 1250. The molecule has 0 saturated heterocycles. The molecular weight excluding hydrogens is 524 g/mol. The molecule has 0 radical (unpaired) electrons. The molecule has 0 aliphatic heterocycles. The lowest BCUT2D eigenvalue weighted by molar-refractivity contribution is -0.142. The lowest BCUT2D eigenvalue weighted by atomic mass is 10.1. The number of anilines is 2. The molecule has 0 unspecified atom stereocenters. The molecule has 1 aromatic heterocycles. The zero-order valence-electron chi connectivity index (χ0n) is 18.0. The number of aliphatic carboxylic acids is 1. The summed E-state index contributed by atoms with van der Waals surface area (Å²) in [5.74, 6) is 2.84. The number of carbonyl (C=O) groups excluding carboxylic acids is 3. The summed E-state index contributed by atoms with van der Waals surface area (Å²) < 4.78 is 0.244. The predicted molar refractivity (Wildman–Crippen MR) is 133 cm³/mol. The van der Waals surface area contributed by atoms with Crippen LogP contribution in [0.4, 0.5) is 11.4 Å². The number of nitrogens with two attached hydrogens (primary N) is 2. The molecule has 0 spiro atoms. The van der Waals surface area contributed by atoms with Crippen LogP contribution in [-0.2, 0) is 4.79 Å². The molecule has 0 saturated carbocycles. The molecule has 3 aromatic rings. The summed E-state index contributed by atoms with van der Waals surface area (Å²) in [5.41, 5.74) is 7.20. The van der Waals surface area contributed by atoms with Gasteiger partial charge in [-0.3, -0.25) is 19.4 Å². The second kappa shape index (κ2) is 10.6. The molecule has 11 heteroatoms. The fourth-order valence-corrected chi connectivity index (χ4v) is 4.39. The molecule has 0 fully saturated rings. The molecule has 0 bridgehead atoms. The fraction of sp³-hybridized carbons (Fsp3) is 0.130. The number of ketones is 1. The predicted octanol–water partition coefficient (Wildman–Crippen LogP) is 3.41. The van der Waals surface area contributed by atoms with Crippen molar-refractivity contribution in [3.05, 3.63) is 80.5 Å². The van der Waals surface area contributed by atoms with Gasteiger partial charge in [0.1, 0.15) is 0 Å². The third kappa shape index (κ3) is 5.50. The van der Waals surface area contributed by atoms with E-state index in [9.17, 15) is 24.3 Å². The minimum Gasteiger partial charge on any atom is -0.480 e. The minimum atomic E-state index is -1.56. The van der Waals surface area contributed by atoms with Crippen LogP contribution in [0.15, 0.2) is 64.5 Å². The van der Waals surface area contributed by atoms with E-state index in [1.807, 2.05) is 0 Å².